The zero-order valence-corrected chi connectivity index (χ0v) is 16.6. The number of aromatic nitrogens is 3. The van der Waals surface area contributed by atoms with Gasteiger partial charge in [-0.05, 0) is 50.5 Å². The van der Waals surface area contributed by atoms with Crippen LogP contribution in [0.4, 0.5) is 17.6 Å². The van der Waals surface area contributed by atoms with Gasteiger partial charge < -0.3 is 27.3 Å². The van der Waals surface area contributed by atoms with E-state index in [0.29, 0.717) is 17.5 Å². The van der Waals surface area contributed by atoms with Gasteiger partial charge in [-0.1, -0.05) is 0 Å². The lowest BCUT2D eigenvalue weighted by Gasteiger charge is -2.26. The molecular weight excluding hydrogens is 370 g/mol. The third-order valence-corrected chi connectivity index (χ3v) is 3.97. The Morgan fingerprint density at radius 2 is 1.70 bits per heavy atom. The number of ketones is 1. The molecule has 3 rings (SSSR count). The van der Waals surface area contributed by atoms with E-state index in [4.69, 9.17) is 4.74 Å². The summed E-state index contributed by atoms with van der Waals surface area (Å²) in [7, 11) is 1.54. The summed E-state index contributed by atoms with van der Waals surface area (Å²) in [5, 5.41) is 3.14. The number of anilines is 3. The fourth-order valence-corrected chi connectivity index (χ4v) is 2.65. The first-order valence-corrected chi connectivity index (χ1v) is 8.09. The Labute approximate surface area is 168 Å². The van der Waals surface area contributed by atoms with E-state index in [9.17, 15) is 4.79 Å². The molecule has 10 heteroatoms. The summed E-state index contributed by atoms with van der Waals surface area (Å²) in [5.41, 5.74) is 1.47. The molecule has 27 heavy (non-hydrogen) atoms. The van der Waals surface area contributed by atoms with Crippen LogP contribution in [0.15, 0.2) is 24.3 Å². The van der Waals surface area contributed by atoms with Crippen LogP contribution in [0.2, 0.25) is 0 Å². The Morgan fingerprint density at radius 1 is 1.07 bits per heavy atom. The molecule has 154 valence electrons. The maximum Gasteiger partial charge on any atom is 0.322 e. The minimum atomic E-state index is 0. The Kier molecular flexibility index (Phi) is 10.2. The van der Waals surface area contributed by atoms with E-state index in [0.717, 1.165) is 31.6 Å². The second kappa shape index (κ2) is 11.3. The Bertz CT molecular complexity index is 732. The summed E-state index contributed by atoms with van der Waals surface area (Å²) in [5.74, 6) is 1.10. The van der Waals surface area contributed by atoms with Crippen molar-refractivity contribution in [3.63, 3.8) is 0 Å². The van der Waals surface area contributed by atoms with Crippen molar-refractivity contribution in [3.05, 3.63) is 29.8 Å². The molecule has 0 spiro atoms. The Balaban J connectivity index is -0.00000135. The molecule has 0 bridgehead atoms. The molecule has 2 aromatic rings. The van der Waals surface area contributed by atoms with Gasteiger partial charge in [0.2, 0.25) is 11.9 Å². The smallest absolute Gasteiger partial charge is 0.322 e. The summed E-state index contributed by atoms with van der Waals surface area (Å²) in [6.07, 6.45) is 3.53. The van der Waals surface area contributed by atoms with Crippen molar-refractivity contribution in [2.24, 2.45) is 0 Å². The van der Waals surface area contributed by atoms with E-state index in [1.54, 1.807) is 26.2 Å². The predicted molar refractivity (Wildman–Crippen MR) is 114 cm³/mol. The van der Waals surface area contributed by atoms with E-state index >= 15 is 0 Å². The predicted octanol–water partition coefficient (Wildman–Crippen LogP) is 4.05. The molecule has 1 fully saturated rings. The van der Waals surface area contributed by atoms with Crippen LogP contribution in [0, 0.1) is 0 Å². The first kappa shape index (κ1) is 24.5. The molecule has 0 saturated carbocycles. The monoisotopic (exact) mass is 401 g/mol. The average molecular weight is 402 g/mol. The number of hydrogen-bond acceptors (Lipinski definition) is 9. The van der Waals surface area contributed by atoms with Gasteiger partial charge in [0.1, 0.15) is 0 Å². The van der Waals surface area contributed by atoms with Gasteiger partial charge in [-0.15, -0.1) is 12.4 Å². The zero-order chi connectivity index (χ0) is 16.9. The van der Waals surface area contributed by atoms with E-state index in [-0.39, 0.29) is 39.4 Å². The van der Waals surface area contributed by atoms with E-state index in [1.807, 2.05) is 12.1 Å². The molecule has 1 aromatic heterocycles. The number of halogens is 1. The first-order chi connectivity index (χ1) is 11.7. The van der Waals surface area contributed by atoms with Gasteiger partial charge in [-0.3, -0.25) is 4.79 Å². The van der Waals surface area contributed by atoms with Crippen LogP contribution in [0.1, 0.15) is 39.4 Å². The van der Waals surface area contributed by atoms with Crippen LogP contribution in [0.5, 0.6) is 6.01 Å². The second-order valence-corrected chi connectivity index (χ2v) is 5.75. The topological polar surface area (TPSA) is 150 Å². The largest absolute Gasteiger partial charge is 0.467 e. The maximum absolute atomic E-state index is 11.3. The minimum Gasteiger partial charge on any atom is -0.467 e. The van der Waals surface area contributed by atoms with Crippen LogP contribution in [0.3, 0.4) is 0 Å². The van der Waals surface area contributed by atoms with Crippen LogP contribution < -0.4 is 27.3 Å². The van der Waals surface area contributed by atoms with Gasteiger partial charge in [0, 0.05) is 27.2 Å². The molecule has 0 aliphatic carbocycles. The van der Waals surface area contributed by atoms with Crippen molar-refractivity contribution in [1.29, 1.82) is 0 Å². The summed E-state index contributed by atoms with van der Waals surface area (Å²) >= 11 is 0. The van der Waals surface area contributed by atoms with Crippen LogP contribution in [-0.4, -0.2) is 40.9 Å². The lowest BCUT2D eigenvalue weighted by atomic mass is 10.1. The molecule has 1 aliphatic rings. The highest BCUT2D eigenvalue weighted by atomic mass is 35.5. The number of methoxy groups -OCH3 is 1. The first-order valence-electron chi connectivity index (χ1n) is 8.09. The summed E-state index contributed by atoms with van der Waals surface area (Å²) in [4.78, 5) is 26.6. The summed E-state index contributed by atoms with van der Waals surface area (Å²) in [6, 6.07) is 7.48. The van der Waals surface area contributed by atoms with Crippen LogP contribution >= 0.6 is 12.4 Å². The number of rotatable bonds is 5. The normalized spacial score (nSPS) is 12.7. The number of nitrogens with zero attached hydrogens (tertiary/aromatic N) is 4. The van der Waals surface area contributed by atoms with Crippen molar-refractivity contribution >= 4 is 35.8 Å². The number of ether oxygens (including phenoxy) is 1. The average Bonchev–Trinajstić information content (AvgIpc) is 2.62. The molecular formula is C17H32ClN7O2. The number of benzene rings is 1. The zero-order valence-electron chi connectivity index (χ0n) is 15.8. The summed E-state index contributed by atoms with van der Waals surface area (Å²) < 4.78 is 5.20. The highest BCUT2D eigenvalue weighted by Gasteiger charge is 2.16. The van der Waals surface area contributed by atoms with Gasteiger partial charge in [-0.25, -0.2) is 0 Å². The molecule has 9 nitrogen and oxygen atoms in total. The molecule has 7 N–H and O–H groups in total. The number of hydrogen-bond donors (Lipinski definition) is 3. The second-order valence-electron chi connectivity index (χ2n) is 5.75. The molecule has 0 amide bonds. The Morgan fingerprint density at radius 3 is 2.26 bits per heavy atom. The van der Waals surface area contributed by atoms with Crippen molar-refractivity contribution in [1.82, 2.24) is 27.3 Å². The number of nitrogens with one attached hydrogen (secondary N) is 1. The van der Waals surface area contributed by atoms with Gasteiger partial charge in [0.15, 0.2) is 5.78 Å². The van der Waals surface area contributed by atoms with Crippen LogP contribution in [0.25, 0.3) is 0 Å². The SMILES string of the molecule is COc1nc(Nc2ccc(C(C)=O)cc2)nc(N2CCCCC2)n1.Cl.N.N.[HH].[HH]. The minimum absolute atomic E-state index is 0. The molecule has 0 atom stereocenters. The van der Waals surface area contributed by atoms with E-state index < -0.39 is 0 Å². The molecule has 0 radical (unpaired) electrons. The fourth-order valence-electron chi connectivity index (χ4n) is 2.65. The summed E-state index contributed by atoms with van der Waals surface area (Å²) in [6.45, 7) is 3.43. The van der Waals surface area contributed by atoms with Crippen LogP contribution in [-0.2, 0) is 0 Å². The molecule has 2 heterocycles. The fraction of sp³-hybridized carbons (Fsp3) is 0.412. The lowest BCUT2D eigenvalue weighted by Crippen LogP contribution is -2.31. The van der Waals surface area contributed by atoms with Crippen molar-refractivity contribution in [2.75, 3.05) is 30.4 Å². The number of piperidine rings is 1. The highest BCUT2D eigenvalue weighted by molar-refractivity contribution is 5.94. The number of carbonyl (C=O) groups is 1. The van der Waals surface area contributed by atoms with Crippen molar-refractivity contribution in [3.8, 4) is 6.01 Å². The highest BCUT2D eigenvalue weighted by Crippen LogP contribution is 2.21. The Hall–Kier alpha value is -2.49. The van der Waals surface area contributed by atoms with Gasteiger partial charge >= 0.3 is 6.01 Å². The number of carbonyl (C=O) groups excluding carboxylic acids is 1. The molecule has 1 aromatic carbocycles. The third-order valence-electron chi connectivity index (χ3n) is 3.97. The van der Waals surface area contributed by atoms with Crippen molar-refractivity contribution < 1.29 is 12.4 Å². The van der Waals surface area contributed by atoms with Crippen molar-refractivity contribution in [2.45, 2.75) is 26.2 Å². The lowest BCUT2D eigenvalue weighted by molar-refractivity contribution is 0.101. The molecule has 0 unspecified atom stereocenters. The van der Waals surface area contributed by atoms with E-state index in [2.05, 4.69) is 25.2 Å². The van der Waals surface area contributed by atoms with E-state index in [1.165, 1.54) is 6.42 Å². The van der Waals surface area contributed by atoms with Gasteiger partial charge in [-0.2, -0.15) is 15.0 Å². The quantitative estimate of drug-likeness (QED) is 0.629. The number of Topliss-reactive ketones (excluding diaryl/α,β-unsaturated/α-hetero) is 1. The third kappa shape index (κ3) is 6.31. The maximum atomic E-state index is 11.3. The van der Waals surface area contributed by atoms with Gasteiger partial charge in [0.25, 0.3) is 0 Å². The molecule has 1 saturated heterocycles. The molecule has 1 aliphatic heterocycles. The van der Waals surface area contributed by atoms with Gasteiger partial charge in [0.05, 0.1) is 7.11 Å². The standard InChI is InChI=1S/C17H21N5O2.ClH.2H3N.2H2/c1-12(23)13-6-8-14(9-7-13)18-15-19-16(21-17(20-15)24-2)22-10-4-3-5-11-22;;;;;/h6-9H,3-5,10-11H2,1-2H3,(H,18,19,20,21);1H;2*1H3;2*1H.